The number of hydrogen-bond donors (Lipinski definition) is 2. The van der Waals surface area contributed by atoms with Crippen molar-refractivity contribution in [2.75, 3.05) is 13.1 Å². The number of aliphatic hydroxyl groups excluding tert-OH is 1. The number of carbonyl (C=O) groups is 1. The molecular formula is C14H24N2O2. The van der Waals surface area contributed by atoms with Gasteiger partial charge in [-0.15, -0.1) is 0 Å². The second-order valence-electron chi connectivity index (χ2n) is 6.18. The number of amides is 1. The first-order valence-corrected chi connectivity index (χ1v) is 7.45. The maximum absolute atomic E-state index is 12.7. The van der Waals surface area contributed by atoms with Gasteiger partial charge in [0.25, 0.3) is 0 Å². The minimum absolute atomic E-state index is 0.139. The van der Waals surface area contributed by atoms with Gasteiger partial charge in [-0.05, 0) is 57.9 Å². The summed E-state index contributed by atoms with van der Waals surface area (Å²) >= 11 is 0. The lowest BCUT2D eigenvalue weighted by Crippen LogP contribution is -2.61. The van der Waals surface area contributed by atoms with Gasteiger partial charge < -0.3 is 15.3 Å². The van der Waals surface area contributed by atoms with Crippen LogP contribution in [0.25, 0.3) is 0 Å². The normalized spacial score (nSPS) is 41.6. The zero-order valence-electron chi connectivity index (χ0n) is 11.0. The largest absolute Gasteiger partial charge is 0.393 e. The summed E-state index contributed by atoms with van der Waals surface area (Å²) in [5.41, 5.74) is -0.228. The fraction of sp³-hybridized carbons (Fsp3) is 0.929. The molecule has 1 unspecified atom stereocenters. The molecule has 1 saturated carbocycles. The van der Waals surface area contributed by atoms with Crippen LogP contribution < -0.4 is 5.32 Å². The minimum atomic E-state index is -0.228. The van der Waals surface area contributed by atoms with E-state index in [1.54, 1.807) is 0 Å². The maximum atomic E-state index is 12.7. The number of nitrogens with zero attached hydrogens (tertiary/aromatic N) is 1. The number of carbonyl (C=O) groups excluding carboxylic acids is 1. The number of aliphatic hydroxyl groups is 1. The Morgan fingerprint density at radius 1 is 1.17 bits per heavy atom. The van der Waals surface area contributed by atoms with E-state index in [0.29, 0.717) is 11.9 Å². The average molecular weight is 252 g/mol. The second kappa shape index (κ2) is 4.82. The lowest BCUT2D eigenvalue weighted by Gasteiger charge is -2.44. The van der Waals surface area contributed by atoms with Crippen molar-refractivity contribution in [2.24, 2.45) is 0 Å². The zero-order valence-corrected chi connectivity index (χ0v) is 11.0. The maximum Gasteiger partial charge on any atom is 0.243 e. The van der Waals surface area contributed by atoms with E-state index >= 15 is 0 Å². The van der Waals surface area contributed by atoms with Crippen molar-refractivity contribution in [2.45, 2.75) is 69.1 Å². The summed E-state index contributed by atoms with van der Waals surface area (Å²) in [5, 5.41) is 13.0. The molecule has 0 aromatic heterocycles. The van der Waals surface area contributed by atoms with E-state index in [4.69, 9.17) is 0 Å². The van der Waals surface area contributed by atoms with Crippen LogP contribution in [0, 0.1) is 0 Å². The van der Waals surface area contributed by atoms with E-state index in [0.717, 1.165) is 64.5 Å². The molecule has 4 heteroatoms. The second-order valence-corrected chi connectivity index (χ2v) is 6.18. The van der Waals surface area contributed by atoms with Crippen LogP contribution in [0.3, 0.4) is 0 Å². The van der Waals surface area contributed by atoms with Crippen molar-refractivity contribution in [3.05, 3.63) is 0 Å². The quantitative estimate of drug-likeness (QED) is 0.733. The molecule has 0 bridgehead atoms. The van der Waals surface area contributed by atoms with E-state index in [1.165, 1.54) is 0 Å². The molecule has 2 aliphatic heterocycles. The van der Waals surface area contributed by atoms with Crippen LogP contribution in [0.5, 0.6) is 0 Å². The molecule has 102 valence electrons. The summed E-state index contributed by atoms with van der Waals surface area (Å²) in [6.07, 6.45) is 7.80. The first kappa shape index (κ1) is 12.4. The highest BCUT2D eigenvalue weighted by Gasteiger charge is 2.47. The number of likely N-dealkylation sites (tertiary alicyclic amines) is 1. The fourth-order valence-electron chi connectivity index (χ4n) is 3.95. The Kier molecular flexibility index (Phi) is 3.32. The summed E-state index contributed by atoms with van der Waals surface area (Å²) in [5.74, 6) is 0.340. The van der Waals surface area contributed by atoms with Gasteiger partial charge in [-0.25, -0.2) is 0 Å². The van der Waals surface area contributed by atoms with Crippen molar-refractivity contribution >= 4 is 5.91 Å². The third kappa shape index (κ3) is 2.05. The molecule has 2 N–H and O–H groups in total. The fourth-order valence-corrected chi connectivity index (χ4v) is 3.95. The Hall–Kier alpha value is -0.610. The molecule has 4 nitrogen and oxygen atoms in total. The Morgan fingerprint density at radius 3 is 2.56 bits per heavy atom. The van der Waals surface area contributed by atoms with Gasteiger partial charge in [0.1, 0.15) is 0 Å². The van der Waals surface area contributed by atoms with Gasteiger partial charge in [-0.3, -0.25) is 4.79 Å². The molecule has 0 radical (unpaired) electrons. The molecule has 2 saturated heterocycles. The predicted molar refractivity (Wildman–Crippen MR) is 69.2 cm³/mol. The smallest absolute Gasteiger partial charge is 0.243 e. The molecule has 3 fully saturated rings. The first-order valence-electron chi connectivity index (χ1n) is 7.45. The van der Waals surface area contributed by atoms with Crippen LogP contribution in [-0.2, 0) is 4.79 Å². The molecule has 0 aromatic rings. The minimum Gasteiger partial charge on any atom is -0.393 e. The molecule has 0 aromatic carbocycles. The van der Waals surface area contributed by atoms with Crippen molar-refractivity contribution in [3.8, 4) is 0 Å². The van der Waals surface area contributed by atoms with Gasteiger partial charge in [0.2, 0.25) is 5.91 Å². The number of hydrogen-bond acceptors (Lipinski definition) is 3. The van der Waals surface area contributed by atoms with Crippen LogP contribution in [-0.4, -0.2) is 46.7 Å². The highest BCUT2D eigenvalue weighted by atomic mass is 16.3. The third-order valence-corrected chi connectivity index (χ3v) is 5.02. The molecular weight excluding hydrogens is 228 g/mol. The van der Waals surface area contributed by atoms with Crippen molar-refractivity contribution in [3.63, 3.8) is 0 Å². The van der Waals surface area contributed by atoms with Gasteiger partial charge in [0.15, 0.2) is 0 Å². The van der Waals surface area contributed by atoms with Gasteiger partial charge >= 0.3 is 0 Å². The summed E-state index contributed by atoms with van der Waals surface area (Å²) in [7, 11) is 0. The Balaban J connectivity index is 1.70. The summed E-state index contributed by atoms with van der Waals surface area (Å²) in [6.45, 7) is 1.91. The van der Waals surface area contributed by atoms with Crippen molar-refractivity contribution < 1.29 is 9.90 Å². The molecule has 2 heterocycles. The van der Waals surface area contributed by atoms with E-state index in [1.807, 2.05) is 0 Å². The first-order chi connectivity index (χ1) is 8.71. The van der Waals surface area contributed by atoms with Crippen molar-refractivity contribution in [1.82, 2.24) is 10.2 Å². The molecule has 18 heavy (non-hydrogen) atoms. The van der Waals surface area contributed by atoms with Crippen LogP contribution >= 0.6 is 0 Å². The highest BCUT2D eigenvalue weighted by Crippen LogP contribution is 2.34. The SMILES string of the molecule is O=C1N(C2CCC(O)CC2)CCCC12CCCN2. The van der Waals surface area contributed by atoms with E-state index in [9.17, 15) is 9.90 Å². The lowest BCUT2D eigenvalue weighted by atomic mass is 9.83. The number of nitrogens with one attached hydrogen (secondary N) is 1. The lowest BCUT2D eigenvalue weighted by molar-refractivity contribution is -0.145. The molecule has 1 amide bonds. The number of piperidine rings is 1. The van der Waals surface area contributed by atoms with Gasteiger partial charge in [0, 0.05) is 12.6 Å². The third-order valence-electron chi connectivity index (χ3n) is 5.02. The van der Waals surface area contributed by atoms with E-state index in [-0.39, 0.29) is 11.6 Å². The molecule has 1 atom stereocenters. The van der Waals surface area contributed by atoms with Crippen LogP contribution in [0.2, 0.25) is 0 Å². The Bertz CT molecular complexity index is 318. The Labute approximate surface area is 109 Å². The van der Waals surface area contributed by atoms with Gasteiger partial charge in [-0.1, -0.05) is 0 Å². The van der Waals surface area contributed by atoms with Crippen LogP contribution in [0.15, 0.2) is 0 Å². The van der Waals surface area contributed by atoms with Crippen LogP contribution in [0.4, 0.5) is 0 Å². The van der Waals surface area contributed by atoms with Crippen molar-refractivity contribution in [1.29, 1.82) is 0 Å². The highest BCUT2D eigenvalue weighted by molar-refractivity contribution is 5.87. The predicted octanol–water partition coefficient (Wildman–Crippen LogP) is 1.03. The van der Waals surface area contributed by atoms with Gasteiger partial charge in [0.05, 0.1) is 11.6 Å². The molecule has 1 aliphatic carbocycles. The van der Waals surface area contributed by atoms with E-state index < -0.39 is 0 Å². The molecule has 1 spiro atoms. The molecule has 3 rings (SSSR count). The number of rotatable bonds is 1. The summed E-state index contributed by atoms with van der Waals surface area (Å²) < 4.78 is 0. The van der Waals surface area contributed by atoms with E-state index in [2.05, 4.69) is 10.2 Å². The topological polar surface area (TPSA) is 52.6 Å². The standard InChI is InChI=1S/C14H24N2O2/c17-12-5-3-11(4-6-12)16-10-2-8-14(13(16)18)7-1-9-15-14/h11-12,15,17H,1-10H2. The Morgan fingerprint density at radius 2 is 1.89 bits per heavy atom. The monoisotopic (exact) mass is 252 g/mol. The average Bonchev–Trinajstić information content (AvgIpc) is 2.84. The summed E-state index contributed by atoms with van der Waals surface area (Å²) in [6, 6.07) is 0.375. The van der Waals surface area contributed by atoms with Gasteiger partial charge in [-0.2, -0.15) is 0 Å². The zero-order chi connectivity index (χ0) is 12.6. The van der Waals surface area contributed by atoms with Crippen LogP contribution in [0.1, 0.15) is 51.4 Å². The summed E-state index contributed by atoms with van der Waals surface area (Å²) in [4.78, 5) is 14.9. The molecule has 3 aliphatic rings.